The van der Waals surface area contributed by atoms with Crippen LogP contribution in [-0.4, -0.2) is 128 Å². The molecular formula is C47H73NO14. The zero-order valence-corrected chi connectivity index (χ0v) is 39.3. The number of likely N-dealkylation sites (N-methyl/N-ethyl adjacent to an activating group) is 1. The molecule has 1 N–H and O–H groups in total. The molecule has 15 heteroatoms. The van der Waals surface area contributed by atoms with Crippen LogP contribution in [0.2, 0.25) is 0 Å². The molecule has 1 aromatic rings. The first-order chi connectivity index (χ1) is 29.1. The van der Waals surface area contributed by atoms with Gasteiger partial charge in [0.1, 0.15) is 35.8 Å². The highest BCUT2D eigenvalue weighted by Gasteiger charge is 2.56. The Kier molecular flexibility index (Phi) is 16.6. The van der Waals surface area contributed by atoms with E-state index in [4.69, 9.17) is 47.4 Å². The molecule has 0 amide bonds. The second-order valence-electron chi connectivity index (χ2n) is 18.8. The van der Waals surface area contributed by atoms with Crippen LogP contribution in [0.5, 0.6) is 0 Å². The molecule has 4 aliphatic rings. The third kappa shape index (κ3) is 11.1. The first-order valence-electron chi connectivity index (χ1n) is 22.3. The van der Waals surface area contributed by atoms with Crippen molar-refractivity contribution < 1.29 is 66.9 Å². The number of fused-ring (bicyclic) bond motifs is 2. The monoisotopic (exact) mass is 876 g/mol. The molecule has 0 radical (unpaired) electrons. The van der Waals surface area contributed by atoms with Gasteiger partial charge < -0.3 is 57.4 Å². The zero-order valence-electron chi connectivity index (χ0n) is 39.3. The molecule has 3 saturated heterocycles. The average molecular weight is 876 g/mol. The summed E-state index contributed by atoms with van der Waals surface area (Å²) in [5, 5.41) is 11.8. The lowest BCUT2D eigenvalue weighted by Gasteiger charge is -2.49. The standard InChI is InChI=1S/C47H73NO14/c1-15-35-27(4)37(50)28(5)38-25(2)22-47(11,62-38)41(60-44-40(57-32(9)49)34(48(12)13)21-26(3)55-44)29(6)39(30(7)43(51)58-35)59-36-23-46(10,53-14)42(31(8)56-36)61-45(52)54-24-33-19-17-16-18-20-33/h16-20,26-31,34-37,39-42,44,50H,15,21-24H2,1-14H3/t26-,27-,28-,29+,30-,31+,34+,35-,36+,37+,39+,40-,41-,42+,44+,46-,47+/m1/s1. The van der Waals surface area contributed by atoms with Crippen LogP contribution in [0.3, 0.4) is 0 Å². The van der Waals surface area contributed by atoms with Crippen molar-refractivity contribution in [3.8, 4) is 0 Å². The summed E-state index contributed by atoms with van der Waals surface area (Å²) >= 11 is 0. The lowest BCUT2D eigenvalue weighted by Crippen LogP contribution is -2.61. The molecule has 0 unspecified atom stereocenters. The Hall–Kier alpha value is -3.31. The molecule has 4 heterocycles. The number of ether oxygens (including phenoxy) is 10. The van der Waals surface area contributed by atoms with E-state index < -0.39 is 108 Å². The van der Waals surface area contributed by atoms with Gasteiger partial charge in [-0.2, -0.15) is 0 Å². The van der Waals surface area contributed by atoms with Crippen LogP contribution >= 0.6 is 0 Å². The first kappa shape index (κ1) is 49.7. The quantitative estimate of drug-likeness (QED) is 0.184. The summed E-state index contributed by atoms with van der Waals surface area (Å²) in [7, 11) is 5.38. The highest BCUT2D eigenvalue weighted by Crippen LogP contribution is 2.47. The van der Waals surface area contributed by atoms with Gasteiger partial charge in [-0.3, -0.25) is 9.59 Å². The van der Waals surface area contributed by atoms with Crippen molar-refractivity contribution in [2.45, 2.75) is 187 Å². The summed E-state index contributed by atoms with van der Waals surface area (Å²) in [6.07, 6.45) is -7.20. The molecule has 5 rings (SSSR count). The van der Waals surface area contributed by atoms with E-state index in [0.717, 1.165) is 11.1 Å². The average Bonchev–Trinajstić information content (AvgIpc) is 3.54. The smallest absolute Gasteiger partial charge is 0.489 e. The van der Waals surface area contributed by atoms with Crippen LogP contribution in [0.15, 0.2) is 41.7 Å². The minimum atomic E-state index is -1.10. The molecular weight excluding hydrogens is 803 g/mol. The van der Waals surface area contributed by atoms with Crippen LogP contribution in [0.1, 0.15) is 107 Å². The fourth-order valence-electron chi connectivity index (χ4n) is 10.0. The Morgan fingerprint density at radius 2 is 1.60 bits per heavy atom. The Morgan fingerprint density at radius 1 is 0.919 bits per heavy atom. The molecule has 17 atom stereocenters. The van der Waals surface area contributed by atoms with Crippen LogP contribution in [0, 0.1) is 23.7 Å². The molecule has 0 aliphatic carbocycles. The van der Waals surface area contributed by atoms with Gasteiger partial charge in [-0.15, -0.1) is 0 Å². The molecule has 350 valence electrons. The molecule has 1 aromatic carbocycles. The number of aliphatic hydroxyl groups is 1. The molecule has 0 aromatic heterocycles. The van der Waals surface area contributed by atoms with Gasteiger partial charge in [0.15, 0.2) is 24.8 Å². The van der Waals surface area contributed by atoms with Crippen molar-refractivity contribution in [1.82, 2.24) is 4.90 Å². The Morgan fingerprint density at radius 3 is 2.21 bits per heavy atom. The number of hydrogen-bond acceptors (Lipinski definition) is 15. The van der Waals surface area contributed by atoms with E-state index in [1.54, 1.807) is 13.8 Å². The maximum Gasteiger partial charge on any atom is 0.509 e. The van der Waals surface area contributed by atoms with Gasteiger partial charge >= 0.3 is 18.1 Å². The number of nitrogens with zero attached hydrogens (tertiary/aromatic N) is 1. The minimum Gasteiger partial charge on any atom is -0.489 e. The van der Waals surface area contributed by atoms with E-state index in [1.807, 2.05) is 105 Å². The number of esters is 2. The normalized spacial score (nSPS) is 40.6. The molecule has 3 fully saturated rings. The summed E-state index contributed by atoms with van der Waals surface area (Å²) in [6, 6.07) is 9.06. The lowest BCUT2D eigenvalue weighted by atomic mass is 9.79. The number of carbonyl (C=O) groups excluding carboxylic acids is 3. The third-order valence-electron chi connectivity index (χ3n) is 13.6. The SMILES string of the molecule is CC[C@H]1OC(=O)[C@H](C)[C@@H](O[C@H]2C[C@@](C)(OC)[C@@H](OC(=O)OCc3ccccc3)[C@H](C)O2)[C@H](C)[C@@H](O[C@@H]2O[C@H](C)C[C@H](N(C)C)[C@H]2OC(C)=O)[C@]2(C)CC(C)=C(O2)[C@H](C)[C@@H](O)[C@@H]1C. The lowest BCUT2D eigenvalue weighted by molar-refractivity contribution is -0.318. The number of cyclic esters (lactones) is 1. The van der Waals surface area contributed by atoms with E-state index in [2.05, 4.69) is 0 Å². The number of hydrogen-bond donors (Lipinski definition) is 1. The Labute approximate surface area is 368 Å². The highest BCUT2D eigenvalue weighted by atomic mass is 16.8. The van der Waals surface area contributed by atoms with Crippen molar-refractivity contribution >= 4 is 18.1 Å². The van der Waals surface area contributed by atoms with E-state index in [1.165, 1.54) is 14.0 Å². The van der Waals surface area contributed by atoms with E-state index in [-0.39, 0.29) is 25.2 Å². The molecule has 15 nitrogen and oxygen atoms in total. The second-order valence-corrected chi connectivity index (χ2v) is 18.8. The third-order valence-corrected chi connectivity index (χ3v) is 13.6. The number of aliphatic hydroxyl groups excluding tert-OH is 1. The Balaban J connectivity index is 1.53. The van der Waals surface area contributed by atoms with Gasteiger partial charge in [0, 0.05) is 44.6 Å². The molecule has 4 aliphatic heterocycles. The van der Waals surface area contributed by atoms with Crippen LogP contribution in [-0.2, 0) is 63.6 Å². The van der Waals surface area contributed by atoms with Crippen molar-refractivity contribution in [1.29, 1.82) is 0 Å². The minimum absolute atomic E-state index is 0.0325. The van der Waals surface area contributed by atoms with Crippen molar-refractivity contribution in [3.05, 3.63) is 47.2 Å². The largest absolute Gasteiger partial charge is 0.509 e. The molecule has 0 spiro atoms. The number of benzene rings is 1. The molecule has 62 heavy (non-hydrogen) atoms. The highest BCUT2D eigenvalue weighted by molar-refractivity contribution is 5.73. The summed E-state index contributed by atoms with van der Waals surface area (Å²) < 4.78 is 63.7. The summed E-state index contributed by atoms with van der Waals surface area (Å²) in [5.41, 5.74) is -0.408. The number of methoxy groups -OCH3 is 1. The topological polar surface area (TPSA) is 167 Å². The second kappa shape index (κ2) is 20.7. The Bertz CT molecular complexity index is 1710. The van der Waals surface area contributed by atoms with Crippen LogP contribution in [0.25, 0.3) is 0 Å². The summed E-state index contributed by atoms with van der Waals surface area (Å²) in [4.78, 5) is 42.1. The maximum absolute atomic E-state index is 14.4. The van der Waals surface area contributed by atoms with Crippen molar-refractivity contribution in [2.75, 3.05) is 21.2 Å². The summed E-state index contributed by atoms with van der Waals surface area (Å²) in [5.74, 6) is -2.75. The summed E-state index contributed by atoms with van der Waals surface area (Å²) in [6.45, 7) is 20.3. The molecule has 2 bridgehead atoms. The predicted octanol–water partition coefficient (Wildman–Crippen LogP) is 6.71. The first-order valence-corrected chi connectivity index (χ1v) is 22.3. The van der Waals surface area contributed by atoms with Crippen LogP contribution < -0.4 is 0 Å². The zero-order chi connectivity index (χ0) is 45.8. The van der Waals surface area contributed by atoms with Gasteiger partial charge in [0.2, 0.25) is 0 Å². The van der Waals surface area contributed by atoms with E-state index in [0.29, 0.717) is 25.0 Å². The van der Waals surface area contributed by atoms with Gasteiger partial charge in [-0.05, 0) is 79.6 Å². The molecule has 0 saturated carbocycles. The van der Waals surface area contributed by atoms with Crippen molar-refractivity contribution in [3.63, 3.8) is 0 Å². The van der Waals surface area contributed by atoms with E-state index in [9.17, 15) is 19.5 Å². The van der Waals surface area contributed by atoms with Gasteiger partial charge in [0.05, 0.1) is 36.4 Å². The maximum atomic E-state index is 14.4. The predicted molar refractivity (Wildman–Crippen MR) is 227 cm³/mol. The fraction of sp³-hybridized carbons (Fsp3) is 0.766. The fourth-order valence-corrected chi connectivity index (χ4v) is 10.0. The number of rotatable bonds is 11. The van der Waals surface area contributed by atoms with E-state index >= 15 is 0 Å². The van der Waals surface area contributed by atoms with Crippen LogP contribution in [0.4, 0.5) is 4.79 Å². The van der Waals surface area contributed by atoms with Gasteiger partial charge in [-0.1, -0.05) is 58.0 Å². The van der Waals surface area contributed by atoms with Gasteiger partial charge in [-0.25, -0.2) is 4.79 Å². The number of carbonyl (C=O) groups is 3. The van der Waals surface area contributed by atoms with Crippen molar-refractivity contribution in [2.24, 2.45) is 23.7 Å². The van der Waals surface area contributed by atoms with Gasteiger partial charge in [0.25, 0.3) is 0 Å².